The summed E-state index contributed by atoms with van der Waals surface area (Å²) in [5.74, 6) is 1.55. The van der Waals surface area contributed by atoms with Gasteiger partial charge in [-0.25, -0.2) is 9.97 Å². The lowest BCUT2D eigenvalue weighted by molar-refractivity contribution is 1.24. The third kappa shape index (κ3) is 1.48. The third-order valence-corrected chi connectivity index (χ3v) is 2.25. The first-order valence-electron chi connectivity index (χ1n) is 4.89. The predicted molar refractivity (Wildman–Crippen MR) is 59.4 cm³/mol. The van der Waals surface area contributed by atoms with Gasteiger partial charge in [-0.05, 0) is 12.1 Å². The average molecular weight is 211 g/mol. The summed E-state index contributed by atoms with van der Waals surface area (Å²) in [5, 5.41) is 0. The zero-order chi connectivity index (χ0) is 10.8. The van der Waals surface area contributed by atoms with Crippen LogP contribution in [0, 0.1) is 0 Å². The number of pyridine rings is 1. The molecule has 5 nitrogen and oxygen atoms in total. The first-order valence-corrected chi connectivity index (χ1v) is 4.89. The van der Waals surface area contributed by atoms with Crippen molar-refractivity contribution in [1.82, 2.24) is 24.9 Å². The lowest BCUT2D eigenvalue weighted by atomic mass is 10.3. The molecule has 0 fully saturated rings. The van der Waals surface area contributed by atoms with Gasteiger partial charge in [0.2, 0.25) is 0 Å². The van der Waals surface area contributed by atoms with Gasteiger partial charge in [0.1, 0.15) is 11.5 Å². The number of H-pyrrole nitrogens is 2. The second-order valence-electron chi connectivity index (χ2n) is 3.31. The van der Waals surface area contributed by atoms with E-state index in [-0.39, 0.29) is 0 Å². The van der Waals surface area contributed by atoms with E-state index >= 15 is 0 Å². The first kappa shape index (κ1) is 8.84. The Balaban J connectivity index is 2.00. The first-order chi connectivity index (χ1) is 7.93. The summed E-state index contributed by atoms with van der Waals surface area (Å²) in [5.41, 5.74) is 1.75. The molecule has 3 aromatic rings. The molecular formula is C11H9N5. The van der Waals surface area contributed by atoms with Crippen LogP contribution in [0.4, 0.5) is 0 Å². The van der Waals surface area contributed by atoms with Gasteiger partial charge in [-0.15, -0.1) is 0 Å². The zero-order valence-electron chi connectivity index (χ0n) is 8.38. The maximum absolute atomic E-state index is 4.43. The van der Waals surface area contributed by atoms with Crippen molar-refractivity contribution in [2.24, 2.45) is 0 Å². The number of nitrogens with one attached hydrogen (secondary N) is 2. The number of aromatic amines is 2. The normalized spacial score (nSPS) is 10.5. The van der Waals surface area contributed by atoms with Gasteiger partial charge in [0.25, 0.3) is 0 Å². The smallest absolute Gasteiger partial charge is 0.157 e. The molecule has 0 aliphatic heterocycles. The van der Waals surface area contributed by atoms with Gasteiger partial charge in [0, 0.05) is 36.5 Å². The molecule has 0 aliphatic rings. The Morgan fingerprint density at radius 3 is 2.81 bits per heavy atom. The molecule has 0 radical (unpaired) electrons. The summed E-state index contributed by atoms with van der Waals surface area (Å²) in [6.07, 6.45) is 8.80. The van der Waals surface area contributed by atoms with E-state index in [0.29, 0.717) is 0 Å². The number of hydrogen-bond acceptors (Lipinski definition) is 3. The average Bonchev–Trinajstić information content (AvgIpc) is 3.01. The lowest BCUT2D eigenvalue weighted by Crippen LogP contribution is -1.82. The topological polar surface area (TPSA) is 70.2 Å². The number of aromatic nitrogens is 5. The van der Waals surface area contributed by atoms with E-state index in [1.54, 1.807) is 24.8 Å². The molecular weight excluding hydrogens is 202 g/mol. The van der Waals surface area contributed by atoms with Crippen molar-refractivity contribution in [3.8, 4) is 22.9 Å². The molecule has 78 valence electrons. The van der Waals surface area contributed by atoms with Crippen molar-refractivity contribution in [3.05, 3.63) is 43.1 Å². The Labute approximate surface area is 91.6 Å². The van der Waals surface area contributed by atoms with Crippen molar-refractivity contribution in [2.45, 2.75) is 0 Å². The zero-order valence-corrected chi connectivity index (χ0v) is 8.38. The van der Waals surface area contributed by atoms with Crippen LogP contribution < -0.4 is 0 Å². The fraction of sp³-hybridized carbons (Fsp3) is 0. The number of imidazole rings is 2. The molecule has 0 spiro atoms. The van der Waals surface area contributed by atoms with Gasteiger partial charge in [0.15, 0.2) is 5.82 Å². The Morgan fingerprint density at radius 2 is 2.06 bits per heavy atom. The minimum absolute atomic E-state index is 0.756. The monoisotopic (exact) mass is 211 g/mol. The van der Waals surface area contributed by atoms with Gasteiger partial charge in [-0.3, -0.25) is 4.98 Å². The maximum atomic E-state index is 4.43. The van der Waals surface area contributed by atoms with Crippen LogP contribution >= 0.6 is 0 Å². The summed E-state index contributed by atoms with van der Waals surface area (Å²) in [4.78, 5) is 18.7. The highest BCUT2D eigenvalue weighted by molar-refractivity contribution is 5.59. The SMILES string of the molecule is c1cncc(-c2nc(-c3ncc[nH]3)c[nH]2)c1. The largest absolute Gasteiger partial charge is 0.344 e. The summed E-state index contributed by atoms with van der Waals surface area (Å²) >= 11 is 0. The van der Waals surface area contributed by atoms with E-state index in [1.165, 1.54) is 0 Å². The molecule has 0 atom stereocenters. The molecule has 0 amide bonds. The number of rotatable bonds is 2. The van der Waals surface area contributed by atoms with Crippen LogP contribution in [0.1, 0.15) is 0 Å². The quantitative estimate of drug-likeness (QED) is 0.679. The summed E-state index contributed by atoms with van der Waals surface area (Å²) < 4.78 is 0. The van der Waals surface area contributed by atoms with Crippen molar-refractivity contribution in [2.75, 3.05) is 0 Å². The second-order valence-corrected chi connectivity index (χ2v) is 3.31. The Bertz CT molecular complexity index is 567. The van der Waals surface area contributed by atoms with Gasteiger partial charge >= 0.3 is 0 Å². The van der Waals surface area contributed by atoms with Crippen molar-refractivity contribution >= 4 is 0 Å². The second kappa shape index (κ2) is 3.62. The highest BCUT2D eigenvalue weighted by atomic mass is 15.0. The molecule has 2 N–H and O–H groups in total. The van der Waals surface area contributed by atoms with Crippen molar-refractivity contribution in [3.63, 3.8) is 0 Å². The standard InChI is InChI=1S/C11H9N5/c1-2-8(6-12-3-1)10-15-7-9(16-10)11-13-4-5-14-11/h1-7H,(H,13,14)(H,15,16). The van der Waals surface area contributed by atoms with Crippen molar-refractivity contribution < 1.29 is 0 Å². The number of nitrogens with zero attached hydrogens (tertiary/aromatic N) is 3. The highest BCUT2D eigenvalue weighted by Crippen LogP contribution is 2.18. The Morgan fingerprint density at radius 1 is 1.06 bits per heavy atom. The van der Waals surface area contributed by atoms with E-state index in [1.807, 2.05) is 18.3 Å². The van der Waals surface area contributed by atoms with E-state index in [9.17, 15) is 0 Å². The van der Waals surface area contributed by atoms with Crippen LogP contribution in [0.2, 0.25) is 0 Å². The molecule has 0 saturated carbocycles. The summed E-state index contributed by atoms with van der Waals surface area (Å²) in [6.45, 7) is 0. The van der Waals surface area contributed by atoms with E-state index in [0.717, 1.165) is 22.9 Å². The summed E-state index contributed by atoms with van der Waals surface area (Å²) in [6, 6.07) is 3.84. The van der Waals surface area contributed by atoms with Crippen LogP contribution in [0.25, 0.3) is 22.9 Å². The van der Waals surface area contributed by atoms with Crippen LogP contribution in [0.15, 0.2) is 43.1 Å². The minimum atomic E-state index is 0.756. The maximum Gasteiger partial charge on any atom is 0.157 e. The molecule has 16 heavy (non-hydrogen) atoms. The fourth-order valence-corrected chi connectivity index (χ4v) is 1.50. The molecule has 3 aromatic heterocycles. The van der Waals surface area contributed by atoms with E-state index in [4.69, 9.17) is 0 Å². The third-order valence-electron chi connectivity index (χ3n) is 2.25. The number of hydrogen-bond donors (Lipinski definition) is 2. The Kier molecular flexibility index (Phi) is 2.00. The van der Waals surface area contributed by atoms with Gasteiger partial charge in [-0.1, -0.05) is 0 Å². The van der Waals surface area contributed by atoms with Crippen molar-refractivity contribution in [1.29, 1.82) is 0 Å². The van der Waals surface area contributed by atoms with Crippen LogP contribution in [0.5, 0.6) is 0 Å². The molecule has 3 rings (SSSR count). The molecule has 0 saturated heterocycles. The van der Waals surface area contributed by atoms with Gasteiger partial charge in [0.05, 0.1) is 0 Å². The van der Waals surface area contributed by atoms with Crippen LogP contribution in [0.3, 0.4) is 0 Å². The summed E-state index contributed by atoms with van der Waals surface area (Å²) in [7, 11) is 0. The fourth-order valence-electron chi connectivity index (χ4n) is 1.50. The van der Waals surface area contributed by atoms with Gasteiger partial charge in [-0.2, -0.15) is 0 Å². The molecule has 5 heteroatoms. The molecule has 0 aromatic carbocycles. The molecule has 0 unspecified atom stereocenters. The molecule has 3 heterocycles. The van der Waals surface area contributed by atoms with E-state index < -0.39 is 0 Å². The minimum Gasteiger partial charge on any atom is -0.344 e. The highest BCUT2D eigenvalue weighted by Gasteiger charge is 2.06. The molecule has 0 bridgehead atoms. The van der Waals surface area contributed by atoms with Gasteiger partial charge < -0.3 is 9.97 Å². The van der Waals surface area contributed by atoms with E-state index in [2.05, 4.69) is 24.9 Å². The lowest BCUT2D eigenvalue weighted by Gasteiger charge is -1.93. The Hall–Kier alpha value is -2.43. The predicted octanol–water partition coefficient (Wildman–Crippen LogP) is 1.86. The van der Waals surface area contributed by atoms with Crippen LogP contribution in [-0.2, 0) is 0 Å². The van der Waals surface area contributed by atoms with Crippen LogP contribution in [-0.4, -0.2) is 24.9 Å². The molecule has 0 aliphatic carbocycles.